The normalized spacial score (nSPS) is 13.2. The fourth-order valence-electron chi connectivity index (χ4n) is 5.46. The molecule has 0 saturated heterocycles. The summed E-state index contributed by atoms with van der Waals surface area (Å²) in [5, 5.41) is 0. The van der Waals surface area contributed by atoms with E-state index in [4.69, 9.17) is 19.3 Å². The first-order valence-electron chi connectivity index (χ1n) is 20.7. The van der Waals surface area contributed by atoms with Crippen molar-refractivity contribution in [1.82, 2.24) is 0 Å². The number of esters is 2. The van der Waals surface area contributed by atoms with Crippen molar-refractivity contribution in [3.63, 3.8) is 0 Å². The van der Waals surface area contributed by atoms with Gasteiger partial charge >= 0.3 is 19.8 Å². The van der Waals surface area contributed by atoms with E-state index in [0.29, 0.717) is 12.8 Å². The van der Waals surface area contributed by atoms with E-state index in [1.165, 1.54) is 83.5 Å². The topological polar surface area (TPSA) is 119 Å². The summed E-state index contributed by atoms with van der Waals surface area (Å²) in [6, 6.07) is 0. The minimum absolute atomic E-state index is 0.0850. The lowest BCUT2D eigenvalue weighted by molar-refractivity contribution is -0.161. The van der Waals surface area contributed by atoms with Crippen molar-refractivity contribution in [3.05, 3.63) is 72.9 Å². The van der Waals surface area contributed by atoms with E-state index in [9.17, 15) is 14.2 Å². The summed E-state index contributed by atoms with van der Waals surface area (Å²) in [5.41, 5.74) is 0. The Bertz CT molecular complexity index is 1080. The maximum atomic E-state index is 12.4. The molecule has 0 bridgehead atoms. The van der Waals surface area contributed by atoms with E-state index >= 15 is 0 Å². The fourth-order valence-corrected chi connectivity index (χ4v) is 5.82. The van der Waals surface area contributed by atoms with Gasteiger partial charge in [0.05, 0.1) is 6.61 Å². The lowest BCUT2D eigenvalue weighted by atomic mass is 10.0. The van der Waals surface area contributed by atoms with Crippen LogP contribution in [0.1, 0.15) is 174 Å². The second-order valence-electron chi connectivity index (χ2n) is 13.6. The molecule has 0 amide bonds. The van der Waals surface area contributed by atoms with E-state index in [2.05, 4.69) is 79.1 Å². The Kier molecular flexibility index (Phi) is 37.3. The standard InChI is InChI=1S/C44H75O8P/c1-3-5-7-9-11-13-15-17-19-21-22-23-25-27-29-31-33-35-37-39-44(46)52-42(41-51-53(47,48)49)40-50-43(45)38-36-34-32-30-28-26-24-20-18-16-14-12-10-8-6-4-2/h5,7,11,13,17,19,22-23,27,29,33,35,42H,3-4,6,8-10,12,14-16,18,20-21,24-26,28,30-32,34,36-41H2,1-2H3,(H2,47,48,49)/b7-5+,13-11+,19-17+,23-22+,29-27+,35-33+/t42-/m1/s1. The van der Waals surface area contributed by atoms with E-state index in [1.54, 1.807) is 0 Å². The Morgan fingerprint density at radius 2 is 0.906 bits per heavy atom. The molecule has 0 rings (SSSR count). The zero-order chi connectivity index (χ0) is 38.9. The van der Waals surface area contributed by atoms with Crippen molar-refractivity contribution in [1.29, 1.82) is 0 Å². The van der Waals surface area contributed by atoms with Crippen LogP contribution in [-0.2, 0) is 28.2 Å². The molecule has 0 heterocycles. The van der Waals surface area contributed by atoms with Crippen LogP contribution in [0.4, 0.5) is 0 Å². The lowest BCUT2D eigenvalue weighted by Crippen LogP contribution is -2.29. The Morgan fingerprint density at radius 1 is 0.509 bits per heavy atom. The number of unbranched alkanes of at least 4 members (excludes halogenated alkanes) is 15. The molecule has 0 unspecified atom stereocenters. The highest BCUT2D eigenvalue weighted by atomic mass is 31.2. The van der Waals surface area contributed by atoms with Gasteiger partial charge in [0.25, 0.3) is 0 Å². The van der Waals surface area contributed by atoms with Crippen molar-refractivity contribution in [2.24, 2.45) is 0 Å². The average Bonchev–Trinajstić information content (AvgIpc) is 3.13. The van der Waals surface area contributed by atoms with Gasteiger partial charge in [-0.2, -0.15) is 0 Å². The summed E-state index contributed by atoms with van der Waals surface area (Å²) in [4.78, 5) is 42.8. The highest BCUT2D eigenvalue weighted by Crippen LogP contribution is 2.36. The minimum atomic E-state index is -4.78. The van der Waals surface area contributed by atoms with Crippen molar-refractivity contribution >= 4 is 19.8 Å². The molecular weight excluding hydrogens is 687 g/mol. The number of hydrogen-bond donors (Lipinski definition) is 2. The van der Waals surface area contributed by atoms with Crippen LogP contribution >= 0.6 is 7.82 Å². The lowest BCUT2D eigenvalue weighted by Gasteiger charge is -2.18. The minimum Gasteiger partial charge on any atom is -0.462 e. The maximum Gasteiger partial charge on any atom is 0.469 e. The van der Waals surface area contributed by atoms with Crippen LogP contribution in [0.3, 0.4) is 0 Å². The highest BCUT2D eigenvalue weighted by molar-refractivity contribution is 7.46. The highest BCUT2D eigenvalue weighted by Gasteiger charge is 2.22. The number of allylic oxidation sites excluding steroid dienone is 12. The van der Waals surface area contributed by atoms with Gasteiger partial charge in [-0.15, -0.1) is 0 Å². The molecule has 0 aromatic heterocycles. The molecule has 0 fully saturated rings. The van der Waals surface area contributed by atoms with E-state index in [0.717, 1.165) is 51.4 Å². The number of rotatable bonds is 37. The molecule has 0 spiro atoms. The van der Waals surface area contributed by atoms with Gasteiger partial charge in [-0.1, -0.05) is 183 Å². The van der Waals surface area contributed by atoms with Crippen LogP contribution in [0.5, 0.6) is 0 Å². The van der Waals surface area contributed by atoms with E-state index in [1.807, 2.05) is 12.2 Å². The number of phosphoric acid groups is 1. The van der Waals surface area contributed by atoms with Crippen LogP contribution in [-0.4, -0.2) is 41.0 Å². The third kappa shape index (κ3) is 42.1. The molecule has 0 radical (unpaired) electrons. The van der Waals surface area contributed by atoms with Gasteiger partial charge in [0.15, 0.2) is 6.10 Å². The van der Waals surface area contributed by atoms with Crippen LogP contribution in [0, 0.1) is 0 Å². The summed E-state index contributed by atoms with van der Waals surface area (Å²) in [5.74, 6) is -0.983. The summed E-state index contributed by atoms with van der Waals surface area (Å²) >= 11 is 0. The van der Waals surface area contributed by atoms with Gasteiger partial charge in [0, 0.05) is 12.8 Å². The molecule has 8 nitrogen and oxygen atoms in total. The van der Waals surface area contributed by atoms with Gasteiger partial charge in [0.2, 0.25) is 0 Å². The quantitative estimate of drug-likeness (QED) is 0.0278. The second kappa shape index (κ2) is 39.2. The van der Waals surface area contributed by atoms with Crippen LogP contribution < -0.4 is 0 Å². The number of carbonyl (C=O) groups excluding carboxylic acids is 2. The Morgan fingerprint density at radius 3 is 1.32 bits per heavy atom. The summed E-state index contributed by atoms with van der Waals surface area (Å²) in [6.45, 7) is 3.51. The average molecular weight is 763 g/mol. The number of ether oxygens (including phenoxy) is 2. The maximum absolute atomic E-state index is 12.4. The molecule has 0 aliphatic rings. The first-order valence-corrected chi connectivity index (χ1v) is 22.3. The van der Waals surface area contributed by atoms with Crippen LogP contribution in [0.15, 0.2) is 72.9 Å². The molecule has 0 aromatic rings. The Balaban J connectivity index is 4.06. The molecule has 1 atom stereocenters. The SMILES string of the molecule is CC/C=C/C/C=C/C/C=C/C/C=C/C/C=C/C/C=C/CCC(=O)O[C@H](COC(=O)CCCCCCCCCCCCCCCCCC)COP(=O)(O)O. The van der Waals surface area contributed by atoms with Crippen LogP contribution in [0.25, 0.3) is 0 Å². The third-order valence-electron chi connectivity index (χ3n) is 8.50. The largest absolute Gasteiger partial charge is 0.469 e. The van der Waals surface area contributed by atoms with E-state index < -0.39 is 32.5 Å². The Hall–Kier alpha value is -2.51. The zero-order valence-electron chi connectivity index (χ0n) is 33.4. The first kappa shape index (κ1) is 50.5. The van der Waals surface area contributed by atoms with Crippen molar-refractivity contribution in [3.8, 4) is 0 Å². The third-order valence-corrected chi connectivity index (χ3v) is 8.99. The summed E-state index contributed by atoms with van der Waals surface area (Å²) in [6.07, 6.45) is 50.6. The second-order valence-corrected chi connectivity index (χ2v) is 14.8. The first-order chi connectivity index (χ1) is 25.8. The molecule has 304 valence electrons. The summed E-state index contributed by atoms with van der Waals surface area (Å²) < 4.78 is 26.3. The monoisotopic (exact) mass is 763 g/mol. The van der Waals surface area contributed by atoms with Gasteiger partial charge in [-0.25, -0.2) is 4.57 Å². The van der Waals surface area contributed by atoms with E-state index in [-0.39, 0.29) is 19.4 Å². The fraction of sp³-hybridized carbons (Fsp3) is 0.682. The Labute approximate surface area is 323 Å². The molecular formula is C44H75O8P. The number of phosphoric ester groups is 1. The van der Waals surface area contributed by atoms with Gasteiger partial charge < -0.3 is 19.3 Å². The van der Waals surface area contributed by atoms with Crippen LogP contribution in [0.2, 0.25) is 0 Å². The number of carbonyl (C=O) groups is 2. The zero-order valence-corrected chi connectivity index (χ0v) is 34.3. The molecule has 0 saturated carbocycles. The summed E-state index contributed by atoms with van der Waals surface area (Å²) in [7, 11) is -4.78. The van der Waals surface area contributed by atoms with Crippen molar-refractivity contribution in [2.75, 3.05) is 13.2 Å². The van der Waals surface area contributed by atoms with Crippen molar-refractivity contribution < 1.29 is 37.9 Å². The molecule has 2 N–H and O–H groups in total. The molecule has 0 aromatic carbocycles. The van der Waals surface area contributed by atoms with Gasteiger partial charge in [-0.05, 0) is 51.4 Å². The predicted octanol–water partition coefficient (Wildman–Crippen LogP) is 12.7. The van der Waals surface area contributed by atoms with Gasteiger partial charge in [0.1, 0.15) is 6.61 Å². The van der Waals surface area contributed by atoms with Gasteiger partial charge in [-0.3, -0.25) is 14.1 Å². The smallest absolute Gasteiger partial charge is 0.462 e. The predicted molar refractivity (Wildman–Crippen MR) is 220 cm³/mol. The molecule has 53 heavy (non-hydrogen) atoms. The molecule has 9 heteroatoms. The molecule has 0 aliphatic heterocycles. The number of hydrogen-bond acceptors (Lipinski definition) is 6. The van der Waals surface area contributed by atoms with Crippen molar-refractivity contribution in [2.45, 2.75) is 180 Å². The molecule has 0 aliphatic carbocycles.